The molecule has 31 heavy (non-hydrogen) atoms. The average Bonchev–Trinajstić information content (AvgIpc) is 3.19. The monoisotopic (exact) mass is 447 g/mol. The maximum Gasteiger partial charge on any atom is 0.348 e. The van der Waals surface area contributed by atoms with Gasteiger partial charge in [0.25, 0.3) is 0 Å². The number of anilines is 1. The summed E-state index contributed by atoms with van der Waals surface area (Å²) in [7, 11) is 0. The molecule has 3 heterocycles. The molecule has 1 N–H and O–H groups in total. The summed E-state index contributed by atoms with van der Waals surface area (Å²) in [6.07, 6.45) is 4.87. The van der Waals surface area contributed by atoms with Gasteiger partial charge in [0.1, 0.15) is 5.03 Å². The Morgan fingerprint density at radius 1 is 1.23 bits per heavy atom. The number of aryl methyl sites for hydroxylation is 1. The maximum atomic E-state index is 12.8. The van der Waals surface area contributed by atoms with Crippen molar-refractivity contribution in [3.8, 4) is 0 Å². The van der Waals surface area contributed by atoms with Crippen molar-refractivity contribution in [3.05, 3.63) is 33.5 Å². The Morgan fingerprint density at radius 3 is 2.81 bits per heavy atom. The number of carbonyl (C=O) groups excluding carboxylic acids is 1. The number of hydrogen-bond acceptors (Lipinski definition) is 8. The first kappa shape index (κ1) is 22.0. The molecule has 0 bridgehead atoms. The number of carbonyl (C=O) groups is 1. The number of amides is 1. The number of thioether (sulfide) groups is 1. The standard InChI is InChI=1S/C21H29N5O4S/c1-15-13-19(30-24-15)22-18(27)14-31-20-16-5-2-3-6-17(16)26(21(28)23-20)8-4-7-25-9-11-29-12-10-25/h13H,2-12,14H2,1H3,(H,22,27). The zero-order chi connectivity index (χ0) is 21.6. The van der Waals surface area contributed by atoms with Crippen LogP contribution in [0.2, 0.25) is 0 Å². The lowest BCUT2D eigenvalue weighted by atomic mass is 9.97. The summed E-state index contributed by atoms with van der Waals surface area (Å²) < 4.78 is 12.3. The van der Waals surface area contributed by atoms with Gasteiger partial charge < -0.3 is 9.26 Å². The average molecular weight is 448 g/mol. The minimum Gasteiger partial charge on any atom is -0.379 e. The third-order valence-electron chi connectivity index (χ3n) is 5.64. The van der Waals surface area contributed by atoms with Gasteiger partial charge in [-0.2, -0.15) is 4.98 Å². The van der Waals surface area contributed by atoms with Crippen molar-refractivity contribution >= 4 is 23.6 Å². The quantitative estimate of drug-likeness (QED) is 0.483. The van der Waals surface area contributed by atoms with E-state index in [-0.39, 0.29) is 17.3 Å². The molecule has 2 aromatic heterocycles. The highest BCUT2D eigenvalue weighted by Crippen LogP contribution is 2.28. The first-order valence-corrected chi connectivity index (χ1v) is 11.9. The first-order chi connectivity index (χ1) is 15.1. The van der Waals surface area contributed by atoms with Crippen LogP contribution in [0.3, 0.4) is 0 Å². The van der Waals surface area contributed by atoms with E-state index in [1.807, 2.05) is 4.57 Å². The molecule has 0 atom stereocenters. The lowest BCUT2D eigenvalue weighted by Gasteiger charge is -2.27. The maximum absolute atomic E-state index is 12.8. The summed E-state index contributed by atoms with van der Waals surface area (Å²) >= 11 is 1.32. The number of fused-ring (bicyclic) bond motifs is 1. The fourth-order valence-electron chi connectivity index (χ4n) is 4.10. The molecule has 0 aromatic carbocycles. The molecule has 1 fully saturated rings. The molecule has 0 radical (unpaired) electrons. The zero-order valence-electron chi connectivity index (χ0n) is 17.9. The van der Waals surface area contributed by atoms with Crippen LogP contribution in [0.5, 0.6) is 0 Å². The van der Waals surface area contributed by atoms with E-state index < -0.39 is 0 Å². The summed E-state index contributed by atoms with van der Waals surface area (Å²) in [6.45, 7) is 6.91. The highest BCUT2D eigenvalue weighted by atomic mass is 32.2. The molecular weight excluding hydrogens is 418 g/mol. The lowest BCUT2D eigenvalue weighted by molar-refractivity contribution is -0.113. The van der Waals surface area contributed by atoms with Gasteiger partial charge in [0.15, 0.2) is 0 Å². The van der Waals surface area contributed by atoms with Crippen LogP contribution in [0, 0.1) is 6.92 Å². The SMILES string of the molecule is Cc1cc(NC(=O)CSc2nc(=O)n(CCCN3CCOCC3)c3c2CCCC3)on1. The van der Waals surface area contributed by atoms with E-state index >= 15 is 0 Å². The van der Waals surface area contributed by atoms with Gasteiger partial charge in [0.05, 0.1) is 24.7 Å². The van der Waals surface area contributed by atoms with E-state index in [0.717, 1.165) is 76.2 Å². The molecular formula is C21H29N5O4S. The number of rotatable bonds is 8. The van der Waals surface area contributed by atoms with Gasteiger partial charge in [-0.15, -0.1) is 0 Å². The van der Waals surface area contributed by atoms with Crippen LogP contribution in [-0.2, 0) is 28.9 Å². The molecule has 9 nitrogen and oxygen atoms in total. The summed E-state index contributed by atoms with van der Waals surface area (Å²) in [5, 5.41) is 7.13. The van der Waals surface area contributed by atoms with E-state index in [1.54, 1.807) is 13.0 Å². The van der Waals surface area contributed by atoms with Crippen LogP contribution >= 0.6 is 11.8 Å². The molecule has 2 aromatic rings. The van der Waals surface area contributed by atoms with Crippen LogP contribution in [0.15, 0.2) is 20.4 Å². The molecule has 1 aliphatic heterocycles. The number of ether oxygens (including phenoxy) is 1. The summed E-state index contributed by atoms with van der Waals surface area (Å²) in [5.41, 5.74) is 2.72. The minimum atomic E-state index is -0.212. The predicted molar refractivity (Wildman–Crippen MR) is 118 cm³/mol. The van der Waals surface area contributed by atoms with Crippen molar-refractivity contribution in [3.63, 3.8) is 0 Å². The van der Waals surface area contributed by atoms with Crippen molar-refractivity contribution < 1.29 is 14.1 Å². The predicted octanol–water partition coefficient (Wildman–Crippen LogP) is 1.87. The van der Waals surface area contributed by atoms with Crippen LogP contribution in [-0.4, -0.2) is 64.1 Å². The Hall–Kier alpha value is -2.17. The zero-order valence-corrected chi connectivity index (χ0v) is 18.7. The molecule has 1 aliphatic carbocycles. The molecule has 1 saturated heterocycles. The van der Waals surface area contributed by atoms with Crippen molar-refractivity contribution in [2.75, 3.05) is 43.9 Å². The Kier molecular flexibility index (Phi) is 7.41. The molecule has 2 aliphatic rings. The second kappa shape index (κ2) is 10.4. The topological polar surface area (TPSA) is 102 Å². The van der Waals surface area contributed by atoms with Gasteiger partial charge in [-0.3, -0.25) is 19.6 Å². The van der Waals surface area contributed by atoms with Crippen molar-refractivity contribution in [2.45, 2.75) is 50.6 Å². The highest BCUT2D eigenvalue weighted by molar-refractivity contribution is 8.00. The van der Waals surface area contributed by atoms with E-state index in [0.29, 0.717) is 23.1 Å². The van der Waals surface area contributed by atoms with Crippen LogP contribution in [0.25, 0.3) is 0 Å². The fraction of sp³-hybridized carbons (Fsp3) is 0.619. The number of aromatic nitrogens is 3. The number of nitrogens with zero attached hydrogens (tertiary/aromatic N) is 4. The largest absolute Gasteiger partial charge is 0.379 e. The normalized spacial score (nSPS) is 16.8. The molecule has 1 amide bonds. The number of nitrogens with one attached hydrogen (secondary N) is 1. The van der Waals surface area contributed by atoms with Crippen LogP contribution in [0.1, 0.15) is 36.2 Å². The molecule has 0 unspecified atom stereocenters. The van der Waals surface area contributed by atoms with Gasteiger partial charge >= 0.3 is 5.69 Å². The smallest absolute Gasteiger partial charge is 0.348 e. The summed E-state index contributed by atoms with van der Waals surface area (Å²) in [4.78, 5) is 31.8. The molecule has 10 heteroatoms. The number of hydrogen-bond donors (Lipinski definition) is 1. The van der Waals surface area contributed by atoms with Gasteiger partial charge in [-0.25, -0.2) is 4.79 Å². The van der Waals surface area contributed by atoms with E-state index in [1.165, 1.54) is 11.8 Å². The fourth-order valence-corrected chi connectivity index (χ4v) is 4.98. The van der Waals surface area contributed by atoms with Gasteiger partial charge in [-0.1, -0.05) is 16.9 Å². The Labute approximate surface area is 185 Å². The second-order valence-corrected chi connectivity index (χ2v) is 8.92. The highest BCUT2D eigenvalue weighted by Gasteiger charge is 2.21. The molecule has 0 spiro atoms. The van der Waals surface area contributed by atoms with E-state index in [4.69, 9.17) is 9.26 Å². The minimum absolute atomic E-state index is 0.166. The number of morpholine rings is 1. The first-order valence-electron chi connectivity index (χ1n) is 10.9. The van der Waals surface area contributed by atoms with Crippen molar-refractivity contribution in [2.24, 2.45) is 0 Å². The Balaban J connectivity index is 1.40. The van der Waals surface area contributed by atoms with Crippen molar-refractivity contribution in [1.82, 2.24) is 19.6 Å². The van der Waals surface area contributed by atoms with Gasteiger partial charge in [0.2, 0.25) is 11.8 Å². The molecule has 0 saturated carbocycles. The third kappa shape index (κ3) is 5.75. The van der Waals surface area contributed by atoms with Gasteiger partial charge in [-0.05, 0) is 39.0 Å². The van der Waals surface area contributed by atoms with Gasteiger partial charge in [0, 0.05) is 43.5 Å². The van der Waals surface area contributed by atoms with Crippen molar-refractivity contribution in [1.29, 1.82) is 0 Å². The van der Waals surface area contributed by atoms with E-state index in [9.17, 15) is 9.59 Å². The Bertz CT molecular complexity index is 967. The Morgan fingerprint density at radius 2 is 2.03 bits per heavy atom. The summed E-state index contributed by atoms with van der Waals surface area (Å²) in [5.74, 6) is 0.288. The third-order valence-corrected chi connectivity index (χ3v) is 6.66. The lowest BCUT2D eigenvalue weighted by Crippen LogP contribution is -2.38. The van der Waals surface area contributed by atoms with Crippen LogP contribution in [0.4, 0.5) is 5.88 Å². The van der Waals surface area contributed by atoms with Crippen LogP contribution < -0.4 is 11.0 Å². The van der Waals surface area contributed by atoms with E-state index in [2.05, 4.69) is 20.4 Å². The molecule has 4 rings (SSSR count). The second-order valence-electron chi connectivity index (χ2n) is 7.96. The summed E-state index contributed by atoms with van der Waals surface area (Å²) in [6, 6.07) is 1.67. The molecule has 168 valence electrons.